The molecule has 1 aromatic carbocycles. The Morgan fingerprint density at radius 3 is 2.45 bits per heavy atom. The maximum Gasteiger partial charge on any atom is 0.470 e. The van der Waals surface area contributed by atoms with Crippen LogP contribution in [0.2, 0.25) is 0 Å². The standard InChI is InChI=1S/C28H29F5N6O3/c29-19-2-1-3-22(12-19)39(14-20-5-4-18(13-34-20)24-35-36-25(42-24)28(31,32)33)26(40)27(30)16-38(17-27)21-6-9-37(10-7-21)23-8-11-41-15-23/h1-5,12-13,21,23H,6-11,14-17H2. The molecular formula is C28H29F5N6O3. The average Bonchev–Trinajstić information content (AvgIpc) is 3.68. The van der Waals surface area contributed by atoms with Crippen molar-refractivity contribution in [3.63, 3.8) is 0 Å². The minimum atomic E-state index is -4.79. The van der Waals surface area contributed by atoms with Gasteiger partial charge in [-0.25, -0.2) is 8.78 Å². The number of ether oxygens (including phenoxy) is 1. The van der Waals surface area contributed by atoms with Gasteiger partial charge in [0.25, 0.3) is 5.91 Å². The van der Waals surface area contributed by atoms with Crippen molar-refractivity contribution in [1.82, 2.24) is 25.0 Å². The normalized spacial score (nSPS) is 21.8. The molecule has 0 aliphatic carbocycles. The van der Waals surface area contributed by atoms with Crippen molar-refractivity contribution in [2.75, 3.05) is 44.3 Å². The van der Waals surface area contributed by atoms with Gasteiger partial charge in [-0.1, -0.05) is 6.07 Å². The van der Waals surface area contributed by atoms with Crippen LogP contribution in [0.3, 0.4) is 0 Å². The summed E-state index contributed by atoms with van der Waals surface area (Å²) in [5, 5.41) is 6.40. The molecule has 5 heterocycles. The summed E-state index contributed by atoms with van der Waals surface area (Å²) in [6, 6.07) is 8.78. The van der Waals surface area contributed by atoms with Crippen LogP contribution in [0.1, 0.15) is 30.8 Å². The van der Waals surface area contributed by atoms with Gasteiger partial charge in [-0.3, -0.25) is 19.6 Å². The molecule has 3 fully saturated rings. The zero-order chi connectivity index (χ0) is 29.5. The van der Waals surface area contributed by atoms with Crippen molar-refractivity contribution >= 4 is 11.6 Å². The van der Waals surface area contributed by atoms with E-state index in [1.54, 1.807) is 0 Å². The summed E-state index contributed by atoms with van der Waals surface area (Å²) in [7, 11) is 0. The number of pyridine rings is 1. The van der Waals surface area contributed by atoms with Crippen molar-refractivity contribution in [1.29, 1.82) is 0 Å². The Balaban J connectivity index is 1.13. The number of benzene rings is 1. The van der Waals surface area contributed by atoms with E-state index in [0.717, 1.165) is 56.5 Å². The van der Waals surface area contributed by atoms with E-state index in [9.17, 15) is 22.4 Å². The number of hydrogen-bond acceptors (Lipinski definition) is 8. The molecular weight excluding hydrogens is 563 g/mol. The monoisotopic (exact) mass is 592 g/mol. The molecule has 2 aromatic heterocycles. The smallest absolute Gasteiger partial charge is 0.413 e. The number of nitrogens with zero attached hydrogens (tertiary/aromatic N) is 6. The van der Waals surface area contributed by atoms with Crippen molar-refractivity contribution in [2.45, 2.75) is 49.7 Å². The largest absolute Gasteiger partial charge is 0.470 e. The molecule has 42 heavy (non-hydrogen) atoms. The summed E-state index contributed by atoms with van der Waals surface area (Å²) in [6.45, 7) is 3.04. The topological polar surface area (TPSA) is 87.8 Å². The van der Waals surface area contributed by atoms with Crippen LogP contribution in [-0.4, -0.2) is 88.0 Å². The zero-order valence-electron chi connectivity index (χ0n) is 22.6. The lowest BCUT2D eigenvalue weighted by molar-refractivity contribution is -0.157. The van der Waals surface area contributed by atoms with Crippen molar-refractivity contribution < 1.29 is 35.9 Å². The van der Waals surface area contributed by atoms with Gasteiger partial charge in [0.1, 0.15) is 5.82 Å². The number of aromatic nitrogens is 3. The first-order valence-corrected chi connectivity index (χ1v) is 13.8. The number of carbonyl (C=O) groups is 1. The Labute approximate surface area is 238 Å². The first-order chi connectivity index (χ1) is 20.1. The van der Waals surface area contributed by atoms with Gasteiger partial charge < -0.3 is 14.1 Å². The summed E-state index contributed by atoms with van der Waals surface area (Å²) in [4.78, 5) is 23.4. The van der Waals surface area contributed by atoms with Crippen LogP contribution in [0.5, 0.6) is 0 Å². The molecule has 1 atom stereocenters. The second kappa shape index (κ2) is 11.3. The molecule has 6 rings (SSSR count). The fraction of sp³-hybridized carbons (Fsp3) is 0.500. The van der Waals surface area contributed by atoms with Crippen LogP contribution in [-0.2, 0) is 22.3 Å². The molecule has 224 valence electrons. The maximum absolute atomic E-state index is 16.1. The molecule has 0 radical (unpaired) electrons. The molecule has 0 N–H and O–H groups in total. The van der Waals surface area contributed by atoms with E-state index in [0.29, 0.717) is 11.7 Å². The number of rotatable bonds is 7. The van der Waals surface area contributed by atoms with E-state index in [-0.39, 0.29) is 42.8 Å². The number of anilines is 1. The van der Waals surface area contributed by atoms with Crippen LogP contribution >= 0.6 is 0 Å². The highest BCUT2D eigenvalue weighted by Crippen LogP contribution is 2.35. The molecule has 0 saturated carbocycles. The van der Waals surface area contributed by atoms with E-state index >= 15 is 4.39 Å². The summed E-state index contributed by atoms with van der Waals surface area (Å²) in [6.07, 6.45) is -0.770. The number of likely N-dealkylation sites (tertiary alicyclic amines) is 2. The molecule has 0 bridgehead atoms. The van der Waals surface area contributed by atoms with E-state index in [1.807, 2.05) is 4.90 Å². The van der Waals surface area contributed by atoms with Crippen LogP contribution in [0.25, 0.3) is 11.5 Å². The lowest BCUT2D eigenvalue weighted by atomic mass is 9.89. The van der Waals surface area contributed by atoms with Gasteiger partial charge in [0, 0.05) is 56.8 Å². The molecule has 3 aliphatic heterocycles. The lowest BCUT2D eigenvalue weighted by Gasteiger charge is -2.50. The second-order valence-corrected chi connectivity index (χ2v) is 11.0. The van der Waals surface area contributed by atoms with Crippen LogP contribution in [0, 0.1) is 5.82 Å². The number of carbonyl (C=O) groups excluding carboxylic acids is 1. The predicted octanol–water partition coefficient (Wildman–Crippen LogP) is 4.10. The van der Waals surface area contributed by atoms with Crippen LogP contribution < -0.4 is 4.90 Å². The number of amides is 1. The second-order valence-electron chi connectivity index (χ2n) is 11.0. The van der Waals surface area contributed by atoms with Gasteiger partial charge in [0.15, 0.2) is 0 Å². The third-order valence-electron chi connectivity index (χ3n) is 8.15. The molecule has 1 amide bonds. The highest BCUT2D eigenvalue weighted by molar-refractivity contribution is 6.00. The van der Waals surface area contributed by atoms with Crippen LogP contribution in [0.15, 0.2) is 47.0 Å². The number of halogens is 5. The van der Waals surface area contributed by atoms with Gasteiger partial charge >= 0.3 is 12.1 Å². The lowest BCUT2D eigenvalue weighted by Crippen LogP contribution is -2.69. The van der Waals surface area contributed by atoms with Gasteiger partial charge in [0.05, 0.1) is 24.4 Å². The molecule has 1 unspecified atom stereocenters. The number of piperidine rings is 1. The van der Waals surface area contributed by atoms with Gasteiger partial charge in [0.2, 0.25) is 11.6 Å². The van der Waals surface area contributed by atoms with Crippen molar-refractivity contribution in [3.8, 4) is 11.5 Å². The third kappa shape index (κ3) is 5.88. The first-order valence-electron chi connectivity index (χ1n) is 13.8. The van der Waals surface area contributed by atoms with E-state index in [4.69, 9.17) is 4.74 Å². The van der Waals surface area contributed by atoms with E-state index < -0.39 is 29.5 Å². The van der Waals surface area contributed by atoms with Crippen molar-refractivity contribution in [2.24, 2.45) is 0 Å². The summed E-state index contributed by atoms with van der Waals surface area (Å²) in [5.41, 5.74) is -1.55. The van der Waals surface area contributed by atoms with E-state index in [1.165, 1.54) is 36.5 Å². The highest BCUT2D eigenvalue weighted by atomic mass is 19.4. The highest BCUT2D eigenvalue weighted by Gasteiger charge is 2.54. The Hall–Kier alpha value is -3.49. The Kier molecular flexibility index (Phi) is 7.70. The summed E-state index contributed by atoms with van der Waals surface area (Å²) >= 11 is 0. The van der Waals surface area contributed by atoms with Crippen molar-refractivity contribution in [3.05, 3.63) is 60.0 Å². The minimum Gasteiger partial charge on any atom is -0.413 e. The fourth-order valence-electron chi connectivity index (χ4n) is 5.84. The number of alkyl halides is 4. The molecule has 3 aromatic rings. The van der Waals surface area contributed by atoms with Gasteiger partial charge in [-0.15, -0.1) is 10.2 Å². The summed E-state index contributed by atoms with van der Waals surface area (Å²) < 4.78 is 78.8. The predicted molar refractivity (Wildman–Crippen MR) is 139 cm³/mol. The quantitative estimate of drug-likeness (QED) is 0.379. The molecule has 3 aliphatic rings. The Bertz CT molecular complexity index is 1400. The number of hydrogen-bond donors (Lipinski definition) is 0. The third-order valence-corrected chi connectivity index (χ3v) is 8.15. The van der Waals surface area contributed by atoms with Gasteiger partial charge in [-0.2, -0.15) is 13.2 Å². The fourth-order valence-corrected chi connectivity index (χ4v) is 5.84. The molecule has 3 saturated heterocycles. The molecule has 14 heteroatoms. The Morgan fingerprint density at radius 1 is 1.05 bits per heavy atom. The van der Waals surface area contributed by atoms with E-state index in [2.05, 4.69) is 24.5 Å². The SMILES string of the molecule is O=C(N(Cc1ccc(-c2nnc(C(F)(F)F)o2)cn1)c1cccc(F)c1)C1(F)CN(C2CCN(C3CCOC3)CC2)C1. The Morgan fingerprint density at radius 2 is 1.83 bits per heavy atom. The summed E-state index contributed by atoms with van der Waals surface area (Å²) in [5.74, 6) is -3.25. The molecule has 0 spiro atoms. The van der Waals surface area contributed by atoms with Gasteiger partial charge in [-0.05, 0) is 49.6 Å². The maximum atomic E-state index is 16.1. The van der Waals surface area contributed by atoms with Crippen LogP contribution in [0.4, 0.5) is 27.6 Å². The first kappa shape index (κ1) is 28.6. The minimum absolute atomic E-state index is 0.0556. The molecule has 9 nitrogen and oxygen atoms in total. The average molecular weight is 593 g/mol. The zero-order valence-corrected chi connectivity index (χ0v) is 22.6.